The third-order valence-corrected chi connectivity index (χ3v) is 4.05. The summed E-state index contributed by atoms with van der Waals surface area (Å²) in [4.78, 5) is 0. The quantitative estimate of drug-likeness (QED) is 0.862. The van der Waals surface area contributed by atoms with Crippen LogP contribution in [0.1, 0.15) is 19.4 Å². The molecular formula is C18H21ClN4O2. The van der Waals surface area contributed by atoms with Crippen molar-refractivity contribution in [3.63, 3.8) is 0 Å². The smallest absolute Gasteiger partial charge is 0.144 e. The van der Waals surface area contributed by atoms with E-state index >= 15 is 0 Å². The number of hydrogen-bond acceptors (Lipinski definition) is 6. The Kier molecular flexibility index (Phi) is 5.53. The van der Waals surface area contributed by atoms with Crippen LogP contribution in [0, 0.1) is 11.3 Å². The van der Waals surface area contributed by atoms with Crippen molar-refractivity contribution < 1.29 is 9.84 Å². The van der Waals surface area contributed by atoms with Crippen LogP contribution in [-0.2, 0) is 11.2 Å². The molecule has 2 heterocycles. The number of nitrogens with two attached hydrogens (primary N) is 1. The van der Waals surface area contributed by atoms with Crippen LogP contribution in [0.15, 0.2) is 52.4 Å². The second kappa shape index (κ2) is 7.28. The Morgan fingerprint density at radius 3 is 2.64 bits per heavy atom. The molecule has 0 unspecified atom stereocenters. The van der Waals surface area contributed by atoms with Gasteiger partial charge in [-0.25, -0.2) is 5.01 Å². The van der Waals surface area contributed by atoms with E-state index < -0.39 is 5.60 Å². The third kappa shape index (κ3) is 3.69. The molecule has 0 spiro atoms. The molecule has 1 aromatic carbocycles. The molecule has 0 bridgehead atoms. The summed E-state index contributed by atoms with van der Waals surface area (Å²) in [5.74, 6) is 0.306. The molecule has 6 nitrogen and oxygen atoms in total. The number of fused-ring (bicyclic) bond motifs is 1. The van der Waals surface area contributed by atoms with Gasteiger partial charge in [-0.05, 0) is 44.0 Å². The number of halogens is 1. The number of rotatable bonds is 3. The second-order valence-corrected chi connectivity index (χ2v) is 6.32. The van der Waals surface area contributed by atoms with E-state index in [2.05, 4.69) is 11.2 Å². The fourth-order valence-electron chi connectivity index (χ4n) is 2.77. The Balaban J connectivity index is 0.00000225. The number of ether oxygens (including phenoxy) is 1. The van der Waals surface area contributed by atoms with Crippen LogP contribution in [0.5, 0.6) is 0 Å². The first-order valence-corrected chi connectivity index (χ1v) is 7.80. The largest absolute Gasteiger partial charge is 0.396 e. The zero-order valence-corrected chi connectivity index (χ0v) is 15.0. The van der Waals surface area contributed by atoms with E-state index in [9.17, 15) is 5.26 Å². The molecular weight excluding hydrogens is 340 g/mol. The van der Waals surface area contributed by atoms with Gasteiger partial charge in [0.05, 0.1) is 23.6 Å². The maximum Gasteiger partial charge on any atom is 0.144 e. The summed E-state index contributed by atoms with van der Waals surface area (Å²) in [6, 6.07) is 9.77. The fraction of sp³-hybridized carbons (Fsp3) is 0.333. The molecule has 1 aromatic rings. The Morgan fingerprint density at radius 1 is 1.36 bits per heavy atom. The molecule has 3 rings (SSSR count). The minimum absolute atomic E-state index is 0. The van der Waals surface area contributed by atoms with E-state index in [1.165, 1.54) is 0 Å². The number of aliphatic hydroxyl groups is 1. The molecule has 3 N–H and O–H groups in total. The number of benzene rings is 1. The van der Waals surface area contributed by atoms with Crippen molar-refractivity contribution in [3.05, 3.63) is 52.9 Å². The summed E-state index contributed by atoms with van der Waals surface area (Å²) in [5.41, 5.74) is 9.40. The van der Waals surface area contributed by atoms with Crippen LogP contribution in [0.25, 0.3) is 0 Å². The Morgan fingerprint density at radius 2 is 2.04 bits per heavy atom. The van der Waals surface area contributed by atoms with Crippen LogP contribution in [0.3, 0.4) is 0 Å². The van der Waals surface area contributed by atoms with Crippen LogP contribution in [-0.4, -0.2) is 29.6 Å². The van der Waals surface area contributed by atoms with Crippen molar-refractivity contribution in [1.82, 2.24) is 0 Å². The van der Waals surface area contributed by atoms with Gasteiger partial charge < -0.3 is 15.6 Å². The molecule has 0 fully saturated rings. The number of nitriles is 1. The first-order chi connectivity index (χ1) is 11.4. The Labute approximate surface area is 153 Å². The number of allylic oxidation sites excluding steroid dienone is 1. The monoisotopic (exact) mass is 360 g/mol. The Hall–Kier alpha value is -2.33. The molecule has 25 heavy (non-hydrogen) atoms. The van der Waals surface area contributed by atoms with E-state index in [4.69, 9.17) is 15.6 Å². The topological polar surface area (TPSA) is 94.9 Å². The molecule has 0 aliphatic carbocycles. The molecule has 2 aliphatic rings. The molecule has 0 aromatic heterocycles. The van der Waals surface area contributed by atoms with E-state index in [1.54, 1.807) is 5.01 Å². The lowest BCUT2D eigenvalue weighted by Crippen LogP contribution is -2.39. The maximum absolute atomic E-state index is 9.57. The first kappa shape index (κ1) is 19.0. The molecule has 2 aliphatic heterocycles. The van der Waals surface area contributed by atoms with E-state index in [-0.39, 0.29) is 19.0 Å². The van der Waals surface area contributed by atoms with Crippen molar-refractivity contribution in [2.45, 2.75) is 25.9 Å². The second-order valence-electron chi connectivity index (χ2n) is 6.32. The van der Waals surface area contributed by atoms with Crippen molar-refractivity contribution >= 4 is 23.8 Å². The highest BCUT2D eigenvalue weighted by atomic mass is 35.5. The summed E-state index contributed by atoms with van der Waals surface area (Å²) in [5, 5.41) is 24.7. The van der Waals surface area contributed by atoms with Gasteiger partial charge in [-0.15, -0.1) is 12.4 Å². The van der Waals surface area contributed by atoms with Gasteiger partial charge in [0.25, 0.3) is 0 Å². The van der Waals surface area contributed by atoms with Crippen molar-refractivity contribution in [2.24, 2.45) is 10.8 Å². The fourth-order valence-corrected chi connectivity index (χ4v) is 2.77. The van der Waals surface area contributed by atoms with Gasteiger partial charge in [-0.2, -0.15) is 10.4 Å². The highest BCUT2D eigenvalue weighted by Crippen LogP contribution is 2.32. The van der Waals surface area contributed by atoms with Crippen LogP contribution in [0.4, 0.5) is 5.69 Å². The van der Waals surface area contributed by atoms with Gasteiger partial charge in [-0.1, -0.05) is 12.1 Å². The van der Waals surface area contributed by atoms with E-state index in [0.717, 1.165) is 16.8 Å². The number of anilines is 1. The highest BCUT2D eigenvalue weighted by Gasteiger charge is 2.33. The highest BCUT2D eigenvalue weighted by molar-refractivity contribution is 6.08. The summed E-state index contributed by atoms with van der Waals surface area (Å²) in [6.07, 6.45) is 2.49. The predicted octanol–water partition coefficient (Wildman–Crippen LogP) is 2.25. The lowest BCUT2D eigenvalue weighted by Gasteiger charge is -2.34. The molecule has 0 radical (unpaired) electrons. The molecule has 0 saturated heterocycles. The zero-order valence-electron chi connectivity index (χ0n) is 14.2. The van der Waals surface area contributed by atoms with Gasteiger partial charge in [-0.3, -0.25) is 0 Å². The molecule has 0 amide bonds. The summed E-state index contributed by atoms with van der Waals surface area (Å²) in [6.45, 7) is 4.31. The standard InChI is InChI=1S/C18H20N4O2.ClH/c1-18(2)9-14-15(10-19)17(20)22(21-16(14)11-24-18)13-5-3-12(4-6-13)7-8-23;/h3-6,9,23H,7-8,11,20H2,1-2H3;1H. The number of hydrazone groups is 1. The SMILES string of the molecule is CC1(C)C=C2C(=NN(c3ccc(CCO)cc3)C(N)=C2C#N)CO1.Cl. The molecule has 0 atom stereocenters. The van der Waals surface area contributed by atoms with Crippen molar-refractivity contribution in [2.75, 3.05) is 18.2 Å². The van der Waals surface area contributed by atoms with Crippen molar-refractivity contribution in [1.29, 1.82) is 5.26 Å². The zero-order chi connectivity index (χ0) is 17.3. The first-order valence-electron chi connectivity index (χ1n) is 7.80. The lowest BCUT2D eigenvalue weighted by molar-refractivity contribution is 0.0409. The van der Waals surface area contributed by atoms with Gasteiger partial charge in [0, 0.05) is 12.2 Å². The van der Waals surface area contributed by atoms with Crippen molar-refractivity contribution in [3.8, 4) is 6.07 Å². The molecule has 132 valence electrons. The number of nitrogens with zero attached hydrogens (tertiary/aromatic N) is 3. The van der Waals surface area contributed by atoms with Crippen LogP contribution < -0.4 is 10.7 Å². The number of hydrogen-bond donors (Lipinski definition) is 2. The van der Waals surface area contributed by atoms with Gasteiger partial charge in [0.15, 0.2) is 0 Å². The predicted molar refractivity (Wildman–Crippen MR) is 99.3 cm³/mol. The minimum Gasteiger partial charge on any atom is -0.396 e. The maximum atomic E-state index is 9.57. The summed E-state index contributed by atoms with van der Waals surface area (Å²) < 4.78 is 5.76. The van der Waals surface area contributed by atoms with Crippen LogP contribution >= 0.6 is 12.4 Å². The van der Waals surface area contributed by atoms with E-state index in [1.807, 2.05) is 44.2 Å². The average Bonchev–Trinajstić information content (AvgIpc) is 2.55. The van der Waals surface area contributed by atoms with Gasteiger partial charge >= 0.3 is 0 Å². The lowest BCUT2D eigenvalue weighted by atomic mass is 9.92. The molecule has 7 heteroatoms. The van der Waals surface area contributed by atoms with Gasteiger partial charge in [0.1, 0.15) is 17.5 Å². The van der Waals surface area contributed by atoms with Gasteiger partial charge in [0.2, 0.25) is 0 Å². The number of aliphatic hydroxyl groups excluding tert-OH is 1. The van der Waals surface area contributed by atoms with Crippen LogP contribution in [0.2, 0.25) is 0 Å². The normalized spacial score (nSPS) is 18.6. The van der Waals surface area contributed by atoms with E-state index in [0.29, 0.717) is 30.1 Å². The third-order valence-electron chi connectivity index (χ3n) is 4.05. The minimum atomic E-state index is -0.454. The molecule has 0 saturated carbocycles. The Bertz CT molecular complexity index is 788. The summed E-state index contributed by atoms with van der Waals surface area (Å²) in [7, 11) is 0. The average molecular weight is 361 g/mol. The summed E-state index contributed by atoms with van der Waals surface area (Å²) >= 11 is 0.